The average Bonchev–Trinajstić information content (AvgIpc) is 3.06. The number of nitrogens with two attached hydrogens (primary N) is 1. The first-order valence-corrected chi connectivity index (χ1v) is 9.65. The van der Waals surface area contributed by atoms with Gasteiger partial charge in [-0.1, -0.05) is 60.1 Å². The molecule has 0 aliphatic rings. The predicted molar refractivity (Wildman–Crippen MR) is 108 cm³/mol. The molecule has 0 saturated heterocycles. The van der Waals surface area contributed by atoms with Crippen LogP contribution in [0.2, 0.25) is 5.02 Å². The van der Waals surface area contributed by atoms with E-state index in [-0.39, 0.29) is 11.8 Å². The fraction of sp³-hybridized carbons (Fsp3) is 0.200. The molecule has 26 heavy (non-hydrogen) atoms. The summed E-state index contributed by atoms with van der Waals surface area (Å²) in [5.74, 6) is -0.0956. The first-order chi connectivity index (χ1) is 12.6. The van der Waals surface area contributed by atoms with Crippen LogP contribution in [-0.4, -0.2) is 17.4 Å². The Morgan fingerprint density at radius 2 is 1.88 bits per heavy atom. The van der Waals surface area contributed by atoms with Gasteiger partial charge in [-0.25, -0.2) is 4.98 Å². The van der Waals surface area contributed by atoms with E-state index in [1.54, 1.807) is 0 Å². The van der Waals surface area contributed by atoms with Crippen LogP contribution in [0.4, 0.5) is 5.13 Å². The van der Waals surface area contributed by atoms with Crippen molar-refractivity contribution in [2.45, 2.75) is 18.8 Å². The minimum Gasteiger partial charge on any atom is -0.375 e. The Morgan fingerprint density at radius 1 is 1.15 bits per heavy atom. The zero-order valence-corrected chi connectivity index (χ0v) is 15.8. The molecule has 6 heteroatoms. The van der Waals surface area contributed by atoms with E-state index in [0.29, 0.717) is 29.5 Å². The molecular formula is C20H20ClN3OS. The van der Waals surface area contributed by atoms with Crippen LogP contribution in [0.25, 0.3) is 0 Å². The van der Waals surface area contributed by atoms with Crippen molar-refractivity contribution in [1.29, 1.82) is 0 Å². The summed E-state index contributed by atoms with van der Waals surface area (Å²) in [5, 5.41) is 6.11. The first-order valence-electron chi connectivity index (χ1n) is 8.39. The minimum absolute atomic E-state index is 0.0121. The summed E-state index contributed by atoms with van der Waals surface area (Å²) in [6.07, 6.45) is 1.01. The van der Waals surface area contributed by atoms with Crippen LogP contribution in [0.1, 0.15) is 29.2 Å². The number of thiazole rings is 1. The number of amides is 1. The third-order valence-electron chi connectivity index (χ3n) is 4.14. The largest absolute Gasteiger partial charge is 0.375 e. The highest BCUT2D eigenvalue weighted by Crippen LogP contribution is 2.32. The van der Waals surface area contributed by atoms with E-state index < -0.39 is 0 Å². The number of nitrogens with zero attached hydrogens (tertiary/aromatic N) is 1. The molecule has 0 aliphatic carbocycles. The van der Waals surface area contributed by atoms with Gasteiger partial charge in [0.1, 0.15) is 0 Å². The second-order valence-electron chi connectivity index (χ2n) is 5.97. The van der Waals surface area contributed by atoms with Crippen molar-refractivity contribution in [2.75, 3.05) is 12.3 Å². The number of rotatable bonds is 7. The van der Waals surface area contributed by atoms with Crippen molar-refractivity contribution < 1.29 is 4.79 Å². The van der Waals surface area contributed by atoms with Crippen molar-refractivity contribution in [1.82, 2.24) is 10.3 Å². The molecule has 1 amide bonds. The minimum atomic E-state index is -0.0835. The molecule has 0 bridgehead atoms. The van der Waals surface area contributed by atoms with Crippen LogP contribution in [-0.2, 0) is 11.2 Å². The Labute approximate surface area is 162 Å². The summed E-state index contributed by atoms with van der Waals surface area (Å²) in [5.41, 5.74) is 8.56. The molecule has 2 aromatic carbocycles. The number of hydrogen-bond donors (Lipinski definition) is 2. The SMILES string of the molecule is Nc1nc(CCNC(=O)CC(c2ccccc2)c2ccccc2Cl)cs1. The fourth-order valence-electron chi connectivity index (χ4n) is 2.88. The van der Waals surface area contributed by atoms with Gasteiger partial charge in [0.25, 0.3) is 0 Å². The summed E-state index contributed by atoms with van der Waals surface area (Å²) in [7, 11) is 0. The van der Waals surface area contributed by atoms with Gasteiger partial charge in [0, 0.05) is 35.7 Å². The summed E-state index contributed by atoms with van der Waals surface area (Å²) in [4.78, 5) is 16.7. The Balaban J connectivity index is 1.67. The van der Waals surface area contributed by atoms with Crippen LogP contribution >= 0.6 is 22.9 Å². The number of aromatic nitrogens is 1. The average molecular weight is 386 g/mol. The molecule has 0 radical (unpaired) electrons. The predicted octanol–water partition coefficient (Wildman–Crippen LogP) is 4.26. The van der Waals surface area contributed by atoms with Gasteiger partial charge in [-0.15, -0.1) is 11.3 Å². The van der Waals surface area contributed by atoms with Crippen molar-refractivity contribution in [3.8, 4) is 0 Å². The van der Waals surface area contributed by atoms with E-state index in [1.807, 2.05) is 60.0 Å². The standard InChI is InChI=1S/C20H20ClN3OS/c21-18-9-5-4-8-16(18)17(14-6-2-1-3-7-14)12-19(25)23-11-10-15-13-26-20(22)24-15/h1-9,13,17H,10-12H2,(H2,22,24)(H,23,25). The highest BCUT2D eigenvalue weighted by Gasteiger charge is 2.20. The van der Waals surface area contributed by atoms with Crippen LogP contribution < -0.4 is 11.1 Å². The van der Waals surface area contributed by atoms with Gasteiger partial charge in [-0.05, 0) is 17.2 Å². The maximum absolute atomic E-state index is 12.5. The van der Waals surface area contributed by atoms with Crippen molar-refractivity contribution >= 4 is 34.0 Å². The van der Waals surface area contributed by atoms with Crippen LogP contribution in [0.5, 0.6) is 0 Å². The quantitative estimate of drug-likeness (QED) is 0.638. The smallest absolute Gasteiger partial charge is 0.220 e. The molecule has 134 valence electrons. The number of carbonyl (C=O) groups is 1. The molecule has 3 aromatic rings. The number of nitrogens with one attached hydrogen (secondary N) is 1. The summed E-state index contributed by atoms with van der Waals surface area (Å²) in [6.45, 7) is 0.534. The Bertz CT molecular complexity index is 866. The molecule has 3 N–H and O–H groups in total. The zero-order valence-electron chi connectivity index (χ0n) is 14.2. The third-order valence-corrected chi connectivity index (χ3v) is 5.21. The molecule has 1 heterocycles. The second-order valence-corrected chi connectivity index (χ2v) is 7.26. The molecule has 0 fully saturated rings. The molecule has 1 aromatic heterocycles. The molecule has 1 atom stereocenters. The van der Waals surface area contributed by atoms with Crippen LogP contribution in [0, 0.1) is 0 Å². The monoisotopic (exact) mass is 385 g/mol. The Morgan fingerprint density at radius 3 is 2.58 bits per heavy atom. The second kappa shape index (κ2) is 8.83. The first kappa shape index (κ1) is 18.4. The van der Waals surface area contributed by atoms with Crippen molar-refractivity contribution in [2.24, 2.45) is 0 Å². The Hall–Kier alpha value is -2.37. The van der Waals surface area contributed by atoms with Gasteiger partial charge in [0.2, 0.25) is 5.91 Å². The third kappa shape index (κ3) is 4.84. The molecule has 0 saturated carbocycles. The maximum Gasteiger partial charge on any atom is 0.220 e. The lowest BCUT2D eigenvalue weighted by atomic mass is 9.88. The number of benzene rings is 2. The molecule has 3 rings (SSSR count). The molecule has 0 aliphatic heterocycles. The Kier molecular flexibility index (Phi) is 6.26. The number of halogens is 1. The van der Waals surface area contributed by atoms with Gasteiger partial charge in [0.15, 0.2) is 5.13 Å². The van der Waals surface area contributed by atoms with E-state index in [1.165, 1.54) is 11.3 Å². The number of carbonyl (C=O) groups excluding carboxylic acids is 1. The van der Waals surface area contributed by atoms with E-state index in [0.717, 1.165) is 16.8 Å². The van der Waals surface area contributed by atoms with E-state index in [4.69, 9.17) is 17.3 Å². The highest BCUT2D eigenvalue weighted by atomic mass is 35.5. The molecule has 4 nitrogen and oxygen atoms in total. The van der Waals surface area contributed by atoms with Crippen molar-refractivity contribution in [3.05, 3.63) is 81.8 Å². The summed E-state index contributed by atoms with van der Waals surface area (Å²) < 4.78 is 0. The normalized spacial score (nSPS) is 11.9. The van der Waals surface area contributed by atoms with Crippen LogP contribution in [0.15, 0.2) is 60.0 Å². The number of nitrogen functional groups attached to an aromatic ring is 1. The topological polar surface area (TPSA) is 68.0 Å². The molecule has 1 unspecified atom stereocenters. The fourth-order valence-corrected chi connectivity index (χ4v) is 3.74. The highest BCUT2D eigenvalue weighted by molar-refractivity contribution is 7.13. The van der Waals surface area contributed by atoms with E-state index >= 15 is 0 Å². The maximum atomic E-state index is 12.5. The van der Waals surface area contributed by atoms with Gasteiger partial charge < -0.3 is 11.1 Å². The lowest BCUT2D eigenvalue weighted by Gasteiger charge is -2.19. The lowest BCUT2D eigenvalue weighted by molar-refractivity contribution is -0.121. The van der Waals surface area contributed by atoms with Gasteiger partial charge in [-0.3, -0.25) is 4.79 Å². The van der Waals surface area contributed by atoms with E-state index in [9.17, 15) is 4.79 Å². The molecular weight excluding hydrogens is 366 g/mol. The van der Waals surface area contributed by atoms with Crippen LogP contribution in [0.3, 0.4) is 0 Å². The number of hydrogen-bond acceptors (Lipinski definition) is 4. The number of anilines is 1. The van der Waals surface area contributed by atoms with Gasteiger partial charge >= 0.3 is 0 Å². The van der Waals surface area contributed by atoms with Gasteiger partial charge in [-0.2, -0.15) is 0 Å². The summed E-state index contributed by atoms with van der Waals surface area (Å²) >= 11 is 7.80. The van der Waals surface area contributed by atoms with Crippen molar-refractivity contribution in [3.63, 3.8) is 0 Å². The molecule has 0 spiro atoms. The van der Waals surface area contributed by atoms with Gasteiger partial charge in [0.05, 0.1) is 5.69 Å². The lowest BCUT2D eigenvalue weighted by Crippen LogP contribution is -2.27. The zero-order chi connectivity index (χ0) is 18.4. The van der Waals surface area contributed by atoms with E-state index in [2.05, 4.69) is 10.3 Å². The summed E-state index contributed by atoms with van der Waals surface area (Å²) in [6, 6.07) is 17.6.